The molecule has 0 aliphatic heterocycles. The highest BCUT2D eigenvalue weighted by Gasteiger charge is 2.15. The number of ether oxygens (including phenoxy) is 1. The number of amides is 1. The van der Waals surface area contributed by atoms with Gasteiger partial charge in [0.05, 0.1) is 5.56 Å². The summed E-state index contributed by atoms with van der Waals surface area (Å²) in [6.45, 7) is 5.35. The fourth-order valence-electron chi connectivity index (χ4n) is 1.53. The Morgan fingerprint density at radius 3 is 2.43 bits per heavy atom. The molecule has 1 amide bonds. The van der Waals surface area contributed by atoms with E-state index in [1.54, 1.807) is 20.8 Å². The van der Waals surface area contributed by atoms with Crippen molar-refractivity contribution in [3.8, 4) is 11.8 Å². The van der Waals surface area contributed by atoms with Crippen LogP contribution in [0.4, 0.5) is 13.6 Å². The number of benzene rings is 1. The summed E-state index contributed by atoms with van der Waals surface area (Å²) in [5, 5.41) is 11.4. The average molecular weight is 325 g/mol. The number of hydrogen-bond donors (Lipinski definition) is 2. The molecule has 0 heterocycles. The summed E-state index contributed by atoms with van der Waals surface area (Å²) in [6.07, 6.45) is -0.407. The number of nitrogens with one attached hydrogen (secondary N) is 1. The lowest BCUT2D eigenvalue weighted by atomic mass is 10.1. The highest BCUT2D eigenvalue weighted by atomic mass is 19.2. The van der Waals surface area contributed by atoms with E-state index in [1.807, 2.05) is 0 Å². The third-order valence-electron chi connectivity index (χ3n) is 2.43. The first-order chi connectivity index (χ1) is 10.6. The van der Waals surface area contributed by atoms with Gasteiger partial charge in [-0.2, -0.15) is 0 Å². The molecule has 0 aliphatic carbocycles. The second kappa shape index (κ2) is 7.58. The zero-order valence-corrected chi connectivity index (χ0v) is 13.0. The van der Waals surface area contributed by atoms with Crippen LogP contribution in [0.15, 0.2) is 12.1 Å². The highest BCUT2D eigenvalue weighted by Crippen LogP contribution is 2.14. The van der Waals surface area contributed by atoms with Gasteiger partial charge in [-0.3, -0.25) is 0 Å². The van der Waals surface area contributed by atoms with Gasteiger partial charge in [0.2, 0.25) is 0 Å². The monoisotopic (exact) mass is 325 g/mol. The SMILES string of the molecule is CC(C)(C)OC(=O)NCCC#Cc1cc(F)c(F)cc1C(=O)O. The van der Waals surface area contributed by atoms with Gasteiger partial charge in [0.15, 0.2) is 11.6 Å². The van der Waals surface area contributed by atoms with Crippen LogP contribution in [0.25, 0.3) is 0 Å². The number of alkyl carbamates (subject to hydrolysis) is 1. The molecule has 0 bridgehead atoms. The van der Waals surface area contributed by atoms with Crippen LogP contribution in [0.5, 0.6) is 0 Å². The fraction of sp³-hybridized carbons (Fsp3) is 0.375. The fourth-order valence-corrected chi connectivity index (χ4v) is 1.53. The number of rotatable bonds is 3. The number of halogens is 2. The summed E-state index contributed by atoms with van der Waals surface area (Å²) in [5.74, 6) is 1.22. The van der Waals surface area contributed by atoms with Crippen LogP contribution in [0.1, 0.15) is 43.1 Å². The Bertz CT molecular complexity index is 669. The maximum Gasteiger partial charge on any atom is 0.407 e. The summed E-state index contributed by atoms with van der Waals surface area (Å²) in [6, 6.07) is 1.31. The topological polar surface area (TPSA) is 75.6 Å². The molecule has 124 valence electrons. The minimum Gasteiger partial charge on any atom is -0.478 e. The number of carboxylic acid groups (broad SMARTS) is 1. The van der Waals surface area contributed by atoms with Gasteiger partial charge in [0, 0.05) is 18.5 Å². The summed E-state index contributed by atoms with van der Waals surface area (Å²) >= 11 is 0. The lowest BCUT2D eigenvalue weighted by Crippen LogP contribution is -2.32. The molecule has 1 aromatic carbocycles. The van der Waals surface area contributed by atoms with E-state index >= 15 is 0 Å². The molecule has 1 rings (SSSR count). The first kappa shape index (κ1) is 18.4. The molecule has 2 N–H and O–H groups in total. The van der Waals surface area contributed by atoms with Crippen LogP contribution in [0.2, 0.25) is 0 Å². The minimum absolute atomic E-state index is 0.131. The van der Waals surface area contributed by atoms with E-state index in [0.717, 1.165) is 6.07 Å². The van der Waals surface area contributed by atoms with Crippen LogP contribution >= 0.6 is 0 Å². The summed E-state index contributed by atoms with van der Waals surface area (Å²) in [5.41, 5.74) is -1.16. The minimum atomic E-state index is -1.40. The lowest BCUT2D eigenvalue weighted by molar-refractivity contribution is 0.0528. The van der Waals surface area contributed by atoms with Crippen molar-refractivity contribution in [1.29, 1.82) is 0 Å². The van der Waals surface area contributed by atoms with Gasteiger partial charge >= 0.3 is 12.1 Å². The molecule has 0 spiro atoms. The molecule has 1 aromatic rings. The summed E-state index contributed by atoms with van der Waals surface area (Å²) in [4.78, 5) is 22.3. The van der Waals surface area contributed by atoms with Crippen molar-refractivity contribution < 1.29 is 28.2 Å². The molecule has 0 saturated heterocycles. The van der Waals surface area contributed by atoms with E-state index in [0.29, 0.717) is 6.07 Å². The quantitative estimate of drug-likeness (QED) is 0.662. The van der Waals surface area contributed by atoms with Gasteiger partial charge in [-0.1, -0.05) is 11.8 Å². The standard InChI is InChI=1S/C16H17F2NO4/c1-16(2,3)23-15(22)19-7-5-4-6-10-8-12(17)13(18)9-11(10)14(20)21/h8-9H,5,7H2,1-3H3,(H,19,22)(H,20,21). The van der Waals surface area contributed by atoms with Gasteiger partial charge in [0.25, 0.3) is 0 Å². The molecule has 0 saturated carbocycles. The Kier molecular flexibility index (Phi) is 6.08. The average Bonchev–Trinajstić information content (AvgIpc) is 2.39. The molecule has 0 unspecified atom stereocenters. The second-order valence-corrected chi connectivity index (χ2v) is 5.60. The normalized spacial score (nSPS) is 10.5. The molecule has 0 radical (unpaired) electrons. The third kappa shape index (κ3) is 6.34. The lowest BCUT2D eigenvalue weighted by Gasteiger charge is -2.19. The van der Waals surface area contributed by atoms with E-state index in [-0.39, 0.29) is 18.5 Å². The Hall–Kier alpha value is -2.62. The molecule has 0 atom stereocenters. The number of hydrogen-bond acceptors (Lipinski definition) is 3. The van der Waals surface area contributed by atoms with Crippen molar-refractivity contribution in [1.82, 2.24) is 5.32 Å². The number of carbonyl (C=O) groups excluding carboxylic acids is 1. The summed E-state index contributed by atoms with van der Waals surface area (Å²) < 4.78 is 31.2. The first-order valence-electron chi connectivity index (χ1n) is 6.78. The Balaban J connectivity index is 2.66. The molecule has 7 heteroatoms. The Morgan fingerprint density at radius 1 is 1.26 bits per heavy atom. The van der Waals surface area contributed by atoms with Crippen LogP contribution in [0, 0.1) is 23.5 Å². The second-order valence-electron chi connectivity index (χ2n) is 5.60. The number of aromatic carboxylic acids is 1. The molecule has 0 fully saturated rings. The van der Waals surface area contributed by atoms with Gasteiger partial charge < -0.3 is 15.2 Å². The van der Waals surface area contributed by atoms with E-state index < -0.39 is 34.9 Å². The van der Waals surface area contributed by atoms with E-state index in [9.17, 15) is 18.4 Å². The maximum atomic E-state index is 13.2. The van der Waals surface area contributed by atoms with Crippen LogP contribution < -0.4 is 5.32 Å². The van der Waals surface area contributed by atoms with Crippen LogP contribution in [-0.4, -0.2) is 29.3 Å². The number of carboxylic acids is 1. The van der Waals surface area contributed by atoms with E-state index in [1.165, 1.54) is 0 Å². The Labute approximate surface area is 132 Å². The van der Waals surface area contributed by atoms with Crippen LogP contribution in [0.3, 0.4) is 0 Å². The van der Waals surface area contributed by atoms with Gasteiger partial charge in [-0.15, -0.1) is 0 Å². The predicted molar refractivity (Wildman–Crippen MR) is 79.0 cm³/mol. The predicted octanol–water partition coefficient (Wildman–Crippen LogP) is 2.93. The molecule has 0 aromatic heterocycles. The van der Waals surface area contributed by atoms with Crippen molar-refractivity contribution in [2.24, 2.45) is 0 Å². The van der Waals surface area contributed by atoms with E-state index in [2.05, 4.69) is 17.2 Å². The molecule has 5 nitrogen and oxygen atoms in total. The molecule has 23 heavy (non-hydrogen) atoms. The maximum absolute atomic E-state index is 13.2. The summed E-state index contributed by atoms with van der Waals surface area (Å²) in [7, 11) is 0. The van der Waals surface area contributed by atoms with Gasteiger partial charge in [-0.05, 0) is 32.9 Å². The van der Waals surface area contributed by atoms with Crippen molar-refractivity contribution >= 4 is 12.1 Å². The zero-order chi connectivity index (χ0) is 17.6. The largest absolute Gasteiger partial charge is 0.478 e. The van der Waals surface area contributed by atoms with Gasteiger partial charge in [0.1, 0.15) is 5.60 Å². The van der Waals surface area contributed by atoms with Crippen LogP contribution in [-0.2, 0) is 4.74 Å². The van der Waals surface area contributed by atoms with Crippen molar-refractivity contribution in [2.45, 2.75) is 32.8 Å². The smallest absolute Gasteiger partial charge is 0.407 e. The van der Waals surface area contributed by atoms with Gasteiger partial charge in [-0.25, -0.2) is 18.4 Å². The van der Waals surface area contributed by atoms with Crippen molar-refractivity contribution in [3.63, 3.8) is 0 Å². The number of carbonyl (C=O) groups is 2. The first-order valence-corrected chi connectivity index (χ1v) is 6.78. The molecular formula is C16H17F2NO4. The molecular weight excluding hydrogens is 308 g/mol. The molecule has 0 aliphatic rings. The Morgan fingerprint density at radius 2 is 1.87 bits per heavy atom. The van der Waals surface area contributed by atoms with Crippen molar-refractivity contribution in [2.75, 3.05) is 6.54 Å². The third-order valence-corrected chi connectivity index (χ3v) is 2.43. The zero-order valence-electron chi connectivity index (χ0n) is 13.0. The van der Waals surface area contributed by atoms with Crippen molar-refractivity contribution in [3.05, 3.63) is 34.9 Å². The highest BCUT2D eigenvalue weighted by molar-refractivity contribution is 5.90. The van der Waals surface area contributed by atoms with E-state index in [4.69, 9.17) is 9.84 Å².